The largest absolute Gasteiger partial charge is 0.478 e. The summed E-state index contributed by atoms with van der Waals surface area (Å²) in [5.41, 5.74) is 0.677. The number of carbonyl (C=O) groups excluding carboxylic acids is 1. The molecule has 1 aromatic heterocycles. The normalized spacial score (nSPS) is 10.1. The van der Waals surface area contributed by atoms with Crippen LogP contribution in [0.4, 0.5) is 5.69 Å². The molecule has 0 saturated heterocycles. The number of amides is 1. The van der Waals surface area contributed by atoms with Gasteiger partial charge in [-0.3, -0.25) is 4.79 Å². The summed E-state index contributed by atoms with van der Waals surface area (Å²) in [4.78, 5) is 27.0. The molecule has 7 heteroatoms. The van der Waals surface area contributed by atoms with Crippen LogP contribution in [0.3, 0.4) is 0 Å². The highest BCUT2D eigenvalue weighted by Gasteiger charge is 2.14. The van der Waals surface area contributed by atoms with Gasteiger partial charge in [-0.15, -0.1) is 0 Å². The molecule has 5 nitrogen and oxygen atoms in total. The van der Waals surface area contributed by atoms with Crippen molar-refractivity contribution in [3.63, 3.8) is 0 Å². The number of carbonyl (C=O) groups is 2. The number of hydrogen-bond donors (Lipinski definition) is 2. The fourth-order valence-electron chi connectivity index (χ4n) is 1.49. The highest BCUT2D eigenvalue weighted by molar-refractivity contribution is 9.11. The summed E-state index contributed by atoms with van der Waals surface area (Å²) in [7, 11) is 0. The van der Waals surface area contributed by atoms with E-state index in [-0.39, 0.29) is 11.3 Å². The van der Waals surface area contributed by atoms with Gasteiger partial charge < -0.3 is 10.4 Å². The molecule has 1 heterocycles. The van der Waals surface area contributed by atoms with Crippen molar-refractivity contribution in [2.75, 3.05) is 5.32 Å². The number of aromatic carboxylic acids is 1. The van der Waals surface area contributed by atoms with Crippen LogP contribution in [-0.2, 0) is 0 Å². The van der Waals surface area contributed by atoms with Crippen molar-refractivity contribution in [2.45, 2.75) is 0 Å². The van der Waals surface area contributed by atoms with Gasteiger partial charge in [0.15, 0.2) is 0 Å². The Morgan fingerprint density at radius 3 is 2.55 bits per heavy atom. The van der Waals surface area contributed by atoms with Gasteiger partial charge in [0.1, 0.15) is 5.69 Å². The van der Waals surface area contributed by atoms with Crippen molar-refractivity contribution in [1.29, 1.82) is 0 Å². The van der Waals surface area contributed by atoms with Gasteiger partial charge in [-0.25, -0.2) is 9.78 Å². The lowest BCUT2D eigenvalue weighted by atomic mass is 10.2. The lowest BCUT2D eigenvalue weighted by Crippen LogP contribution is -2.15. The summed E-state index contributed by atoms with van der Waals surface area (Å²) in [5, 5.41) is 11.6. The highest BCUT2D eigenvalue weighted by Crippen LogP contribution is 2.25. The van der Waals surface area contributed by atoms with E-state index in [2.05, 4.69) is 42.2 Å². The highest BCUT2D eigenvalue weighted by atomic mass is 79.9. The SMILES string of the molecule is O=C(O)c1ccc(Br)c(NC(=O)c2ncccc2Br)c1. The van der Waals surface area contributed by atoms with Gasteiger partial charge in [0.25, 0.3) is 5.91 Å². The van der Waals surface area contributed by atoms with Crippen molar-refractivity contribution in [3.8, 4) is 0 Å². The number of carboxylic acids is 1. The maximum absolute atomic E-state index is 12.1. The molecule has 0 aliphatic carbocycles. The monoisotopic (exact) mass is 398 g/mol. The number of anilines is 1. The number of halogens is 2. The van der Waals surface area contributed by atoms with Crippen molar-refractivity contribution < 1.29 is 14.7 Å². The zero-order valence-corrected chi connectivity index (χ0v) is 13.1. The minimum atomic E-state index is -1.06. The van der Waals surface area contributed by atoms with Crippen molar-refractivity contribution in [3.05, 3.63) is 56.7 Å². The number of carboxylic acid groups (broad SMARTS) is 1. The molecule has 2 N–H and O–H groups in total. The Bertz CT molecular complexity index is 689. The van der Waals surface area contributed by atoms with Gasteiger partial charge >= 0.3 is 5.97 Å². The standard InChI is InChI=1S/C13H8Br2N2O3/c14-8-4-3-7(13(19)20)6-10(8)17-12(18)11-9(15)2-1-5-16-11/h1-6H,(H,17,18)(H,19,20). The molecule has 20 heavy (non-hydrogen) atoms. The lowest BCUT2D eigenvalue weighted by molar-refractivity contribution is 0.0696. The topological polar surface area (TPSA) is 79.3 Å². The van der Waals surface area contributed by atoms with Gasteiger partial charge in [0.2, 0.25) is 0 Å². The predicted molar refractivity (Wildman–Crippen MR) is 81.0 cm³/mol. The second kappa shape index (κ2) is 6.15. The maximum atomic E-state index is 12.1. The van der Waals surface area contributed by atoms with Gasteiger partial charge in [0, 0.05) is 15.1 Å². The van der Waals surface area contributed by atoms with Crippen LogP contribution < -0.4 is 5.32 Å². The minimum absolute atomic E-state index is 0.0867. The molecule has 0 aliphatic heterocycles. The molecule has 0 fully saturated rings. The second-order valence-electron chi connectivity index (χ2n) is 3.79. The van der Waals surface area contributed by atoms with E-state index in [9.17, 15) is 9.59 Å². The fraction of sp³-hybridized carbons (Fsp3) is 0. The molecule has 1 aromatic carbocycles. The zero-order valence-electron chi connectivity index (χ0n) is 9.93. The molecule has 2 aromatic rings. The average molecular weight is 400 g/mol. The number of pyridine rings is 1. The summed E-state index contributed by atoms with van der Waals surface area (Å²) in [6, 6.07) is 7.78. The van der Waals surface area contributed by atoms with Gasteiger partial charge in [-0.05, 0) is 62.2 Å². The van der Waals surface area contributed by atoms with Crippen LogP contribution in [0, 0.1) is 0 Å². The molecule has 0 radical (unpaired) electrons. The van der Waals surface area contributed by atoms with E-state index in [0.29, 0.717) is 14.6 Å². The lowest BCUT2D eigenvalue weighted by Gasteiger charge is -2.08. The van der Waals surface area contributed by atoms with E-state index in [1.165, 1.54) is 18.3 Å². The Labute approximate surface area is 131 Å². The third-order valence-electron chi connectivity index (χ3n) is 2.44. The molecular formula is C13H8Br2N2O3. The van der Waals surface area contributed by atoms with Gasteiger partial charge in [-0.2, -0.15) is 0 Å². The van der Waals surface area contributed by atoms with Crippen molar-refractivity contribution in [2.24, 2.45) is 0 Å². The Morgan fingerprint density at radius 1 is 1.15 bits per heavy atom. The van der Waals surface area contributed by atoms with Crippen LogP contribution in [0.25, 0.3) is 0 Å². The first-order valence-corrected chi connectivity index (χ1v) is 7.02. The molecule has 102 valence electrons. The summed E-state index contributed by atoms with van der Waals surface area (Å²) in [5.74, 6) is -1.49. The molecule has 0 spiro atoms. The molecule has 0 bridgehead atoms. The molecule has 0 unspecified atom stereocenters. The first-order valence-electron chi connectivity index (χ1n) is 5.44. The number of benzene rings is 1. The number of rotatable bonds is 3. The van der Waals surface area contributed by atoms with Crippen LogP contribution in [-0.4, -0.2) is 22.0 Å². The summed E-state index contributed by atoms with van der Waals surface area (Å²) >= 11 is 6.50. The number of aromatic nitrogens is 1. The number of nitrogens with zero attached hydrogens (tertiary/aromatic N) is 1. The molecule has 0 aliphatic rings. The molecule has 0 atom stereocenters. The van der Waals surface area contributed by atoms with Gasteiger partial charge in [-0.1, -0.05) is 0 Å². The van der Waals surface area contributed by atoms with E-state index in [1.807, 2.05) is 0 Å². The molecule has 0 saturated carbocycles. The molecular weight excluding hydrogens is 392 g/mol. The molecule has 2 rings (SSSR count). The smallest absolute Gasteiger partial charge is 0.335 e. The van der Waals surface area contributed by atoms with Crippen molar-refractivity contribution >= 4 is 49.4 Å². The Balaban J connectivity index is 2.30. The maximum Gasteiger partial charge on any atom is 0.335 e. The quantitative estimate of drug-likeness (QED) is 0.826. The van der Waals surface area contributed by atoms with E-state index in [4.69, 9.17) is 5.11 Å². The Kier molecular flexibility index (Phi) is 4.51. The number of hydrogen-bond acceptors (Lipinski definition) is 3. The second-order valence-corrected chi connectivity index (χ2v) is 5.50. The Hall–Kier alpha value is -1.73. The summed E-state index contributed by atoms with van der Waals surface area (Å²) < 4.78 is 1.14. The van der Waals surface area contributed by atoms with Crippen LogP contribution in [0.2, 0.25) is 0 Å². The third kappa shape index (κ3) is 3.23. The zero-order chi connectivity index (χ0) is 14.7. The fourth-order valence-corrected chi connectivity index (χ4v) is 2.27. The Morgan fingerprint density at radius 2 is 1.90 bits per heavy atom. The minimum Gasteiger partial charge on any atom is -0.478 e. The van der Waals surface area contributed by atoms with E-state index >= 15 is 0 Å². The van der Waals surface area contributed by atoms with Crippen LogP contribution >= 0.6 is 31.9 Å². The number of nitrogens with one attached hydrogen (secondary N) is 1. The van der Waals surface area contributed by atoms with Crippen LogP contribution in [0.5, 0.6) is 0 Å². The van der Waals surface area contributed by atoms with Crippen molar-refractivity contribution in [1.82, 2.24) is 4.98 Å². The van der Waals surface area contributed by atoms with Gasteiger partial charge in [0.05, 0.1) is 11.3 Å². The predicted octanol–water partition coefficient (Wildman–Crippen LogP) is 3.56. The van der Waals surface area contributed by atoms with E-state index < -0.39 is 11.9 Å². The van der Waals surface area contributed by atoms with E-state index in [0.717, 1.165) is 0 Å². The van der Waals surface area contributed by atoms with Crippen LogP contribution in [0.1, 0.15) is 20.8 Å². The summed E-state index contributed by atoms with van der Waals surface area (Å²) in [6.07, 6.45) is 1.50. The summed E-state index contributed by atoms with van der Waals surface area (Å²) in [6.45, 7) is 0. The van der Waals surface area contributed by atoms with E-state index in [1.54, 1.807) is 18.2 Å². The first-order chi connectivity index (χ1) is 9.49. The average Bonchev–Trinajstić information content (AvgIpc) is 2.41. The third-order valence-corrected chi connectivity index (χ3v) is 3.77. The molecule has 1 amide bonds. The first kappa shape index (κ1) is 14.7. The van der Waals surface area contributed by atoms with Crippen LogP contribution in [0.15, 0.2) is 45.5 Å².